The third-order valence-electron chi connectivity index (χ3n) is 4.78. The molecule has 4 heteroatoms. The number of carbonyl (C=O) groups is 1. The van der Waals surface area contributed by atoms with Gasteiger partial charge < -0.3 is 14.4 Å². The minimum Gasteiger partial charge on any atom is -0.410 e. The molecule has 3 aromatic carbocycles. The predicted molar refractivity (Wildman–Crippen MR) is 116 cm³/mol. The molecule has 3 rings (SSSR count). The van der Waals surface area contributed by atoms with Crippen molar-refractivity contribution in [2.45, 2.75) is 33.4 Å². The van der Waals surface area contributed by atoms with Crippen LogP contribution in [0, 0.1) is 6.92 Å². The zero-order valence-electron chi connectivity index (χ0n) is 17.2. The fourth-order valence-electron chi connectivity index (χ4n) is 3.34. The van der Waals surface area contributed by atoms with Gasteiger partial charge >= 0.3 is 6.16 Å². The molecule has 0 saturated heterocycles. The van der Waals surface area contributed by atoms with Crippen LogP contribution in [0.4, 0.5) is 10.5 Å². The highest BCUT2D eigenvalue weighted by Crippen LogP contribution is 2.23. The van der Waals surface area contributed by atoms with Gasteiger partial charge in [0.05, 0.1) is 0 Å². The summed E-state index contributed by atoms with van der Waals surface area (Å²) in [5.41, 5.74) is 4.26. The summed E-state index contributed by atoms with van der Waals surface area (Å²) in [6, 6.07) is 25.8. The predicted octanol–water partition coefficient (Wildman–Crippen LogP) is 5.97. The van der Waals surface area contributed by atoms with Crippen molar-refractivity contribution in [3.63, 3.8) is 0 Å². The first-order valence-corrected chi connectivity index (χ1v) is 9.90. The average Bonchev–Trinajstić information content (AvgIpc) is 2.71. The lowest BCUT2D eigenvalue weighted by atomic mass is 10.0. The Morgan fingerprint density at radius 3 is 2.41 bits per heavy atom. The van der Waals surface area contributed by atoms with Crippen molar-refractivity contribution in [1.82, 2.24) is 0 Å². The van der Waals surface area contributed by atoms with Gasteiger partial charge in [0, 0.05) is 18.7 Å². The standard InChI is InChI=1S/C25H27NO3/c1-4-26(23-15-10-11-19(2)17-23)20(3)28-25(27)29-24-16-9-8-14-22(24)18-21-12-6-5-7-13-21/h5-17,20H,4,18H2,1-3H3. The molecule has 0 heterocycles. The number of benzene rings is 3. The van der Waals surface area contributed by atoms with Crippen LogP contribution in [0.3, 0.4) is 0 Å². The molecule has 0 aliphatic heterocycles. The summed E-state index contributed by atoms with van der Waals surface area (Å²) in [6.07, 6.45) is -0.468. The highest BCUT2D eigenvalue weighted by molar-refractivity contribution is 5.65. The summed E-state index contributed by atoms with van der Waals surface area (Å²) in [6.45, 7) is 6.63. The van der Waals surface area contributed by atoms with Crippen molar-refractivity contribution in [1.29, 1.82) is 0 Å². The van der Waals surface area contributed by atoms with Gasteiger partial charge in [0.1, 0.15) is 5.75 Å². The molecule has 0 spiro atoms. The number of aryl methyl sites for hydroxylation is 1. The zero-order chi connectivity index (χ0) is 20.6. The van der Waals surface area contributed by atoms with E-state index < -0.39 is 12.4 Å². The van der Waals surface area contributed by atoms with E-state index >= 15 is 0 Å². The molecular weight excluding hydrogens is 362 g/mol. The summed E-state index contributed by atoms with van der Waals surface area (Å²) in [4.78, 5) is 14.5. The molecule has 0 aromatic heterocycles. The first-order chi connectivity index (χ1) is 14.1. The van der Waals surface area contributed by atoms with Crippen LogP contribution in [-0.2, 0) is 11.2 Å². The molecule has 1 unspecified atom stereocenters. The molecule has 0 bridgehead atoms. The number of nitrogens with zero attached hydrogens (tertiary/aromatic N) is 1. The molecule has 150 valence electrons. The van der Waals surface area contributed by atoms with E-state index in [1.165, 1.54) is 0 Å². The van der Waals surface area contributed by atoms with E-state index in [0.29, 0.717) is 18.7 Å². The van der Waals surface area contributed by atoms with E-state index in [1.807, 2.05) is 80.3 Å². The Bertz CT molecular complexity index is 940. The molecular formula is C25H27NO3. The maximum Gasteiger partial charge on any atom is 0.515 e. The van der Waals surface area contributed by atoms with Crippen molar-refractivity contribution in [2.24, 2.45) is 0 Å². The normalized spacial score (nSPS) is 11.6. The molecule has 0 radical (unpaired) electrons. The third-order valence-corrected chi connectivity index (χ3v) is 4.78. The van der Waals surface area contributed by atoms with Crippen LogP contribution < -0.4 is 9.64 Å². The Kier molecular flexibility index (Phi) is 6.90. The molecule has 29 heavy (non-hydrogen) atoms. The van der Waals surface area contributed by atoms with Crippen LogP contribution in [0.25, 0.3) is 0 Å². The molecule has 0 aliphatic rings. The SMILES string of the molecule is CCN(c1cccc(C)c1)C(C)OC(=O)Oc1ccccc1Cc1ccccc1. The van der Waals surface area contributed by atoms with Crippen molar-refractivity contribution in [2.75, 3.05) is 11.4 Å². The van der Waals surface area contributed by atoms with Crippen LogP contribution in [0.1, 0.15) is 30.5 Å². The van der Waals surface area contributed by atoms with Gasteiger partial charge in [-0.3, -0.25) is 0 Å². The number of hydrogen-bond acceptors (Lipinski definition) is 4. The van der Waals surface area contributed by atoms with Crippen LogP contribution in [0.2, 0.25) is 0 Å². The van der Waals surface area contributed by atoms with Gasteiger partial charge in [-0.25, -0.2) is 4.79 Å². The maximum atomic E-state index is 12.5. The fourth-order valence-corrected chi connectivity index (χ4v) is 3.34. The smallest absolute Gasteiger partial charge is 0.410 e. The zero-order valence-corrected chi connectivity index (χ0v) is 17.2. The van der Waals surface area contributed by atoms with Gasteiger partial charge in [0.25, 0.3) is 0 Å². The Labute approximate surface area is 172 Å². The van der Waals surface area contributed by atoms with E-state index in [-0.39, 0.29) is 0 Å². The van der Waals surface area contributed by atoms with Gasteiger partial charge in [-0.2, -0.15) is 0 Å². The van der Waals surface area contributed by atoms with Gasteiger partial charge in [-0.05, 0) is 55.7 Å². The Balaban J connectivity index is 1.67. The second kappa shape index (κ2) is 9.78. The number of rotatable bonds is 7. The Morgan fingerprint density at radius 2 is 1.69 bits per heavy atom. The van der Waals surface area contributed by atoms with Crippen molar-refractivity contribution < 1.29 is 14.3 Å². The second-order valence-corrected chi connectivity index (χ2v) is 6.96. The molecule has 0 fully saturated rings. The van der Waals surface area contributed by atoms with Gasteiger partial charge in [-0.15, -0.1) is 0 Å². The lowest BCUT2D eigenvalue weighted by Crippen LogP contribution is -2.37. The van der Waals surface area contributed by atoms with E-state index in [1.54, 1.807) is 6.07 Å². The summed E-state index contributed by atoms with van der Waals surface area (Å²) in [7, 11) is 0. The molecule has 1 atom stereocenters. The van der Waals surface area contributed by atoms with E-state index in [0.717, 1.165) is 22.4 Å². The van der Waals surface area contributed by atoms with Gasteiger partial charge in [0.15, 0.2) is 6.23 Å². The van der Waals surface area contributed by atoms with Crippen LogP contribution in [0.15, 0.2) is 78.9 Å². The lowest BCUT2D eigenvalue weighted by Gasteiger charge is -2.29. The van der Waals surface area contributed by atoms with Crippen molar-refractivity contribution in [3.05, 3.63) is 95.6 Å². The molecule has 0 aliphatic carbocycles. The largest absolute Gasteiger partial charge is 0.515 e. The third kappa shape index (κ3) is 5.61. The average molecular weight is 389 g/mol. The van der Waals surface area contributed by atoms with Crippen LogP contribution in [0.5, 0.6) is 5.75 Å². The highest BCUT2D eigenvalue weighted by atomic mass is 16.7. The Morgan fingerprint density at radius 1 is 0.966 bits per heavy atom. The minimum atomic E-state index is -0.705. The highest BCUT2D eigenvalue weighted by Gasteiger charge is 2.19. The quantitative estimate of drug-likeness (QED) is 0.283. The van der Waals surface area contributed by atoms with Crippen molar-refractivity contribution >= 4 is 11.8 Å². The first-order valence-electron chi connectivity index (χ1n) is 9.90. The van der Waals surface area contributed by atoms with Crippen LogP contribution in [-0.4, -0.2) is 18.9 Å². The van der Waals surface area contributed by atoms with Crippen molar-refractivity contribution in [3.8, 4) is 5.75 Å². The number of para-hydroxylation sites is 1. The number of hydrogen-bond donors (Lipinski definition) is 0. The Hall–Kier alpha value is -3.27. The van der Waals surface area contributed by atoms with Gasteiger partial charge in [-0.1, -0.05) is 60.7 Å². The van der Waals surface area contributed by atoms with Gasteiger partial charge in [0.2, 0.25) is 0 Å². The molecule has 3 aromatic rings. The molecule has 0 saturated carbocycles. The maximum absolute atomic E-state index is 12.5. The lowest BCUT2D eigenvalue weighted by molar-refractivity contribution is 0.0643. The summed E-state index contributed by atoms with van der Waals surface area (Å²) in [5.74, 6) is 0.521. The minimum absolute atomic E-state index is 0.449. The molecule has 0 N–H and O–H groups in total. The summed E-state index contributed by atoms with van der Waals surface area (Å²) >= 11 is 0. The molecule has 0 amide bonds. The monoisotopic (exact) mass is 389 g/mol. The number of ether oxygens (including phenoxy) is 2. The summed E-state index contributed by atoms with van der Waals surface area (Å²) < 4.78 is 11.1. The number of anilines is 1. The second-order valence-electron chi connectivity index (χ2n) is 6.96. The molecule has 4 nitrogen and oxygen atoms in total. The van der Waals surface area contributed by atoms with E-state index in [2.05, 4.69) is 18.2 Å². The first kappa shape index (κ1) is 20.5. The summed E-state index contributed by atoms with van der Waals surface area (Å²) in [5, 5.41) is 0. The fraction of sp³-hybridized carbons (Fsp3) is 0.240. The van der Waals surface area contributed by atoms with E-state index in [4.69, 9.17) is 9.47 Å². The van der Waals surface area contributed by atoms with E-state index in [9.17, 15) is 4.79 Å². The van der Waals surface area contributed by atoms with Crippen LogP contribution >= 0.6 is 0 Å². The topological polar surface area (TPSA) is 38.8 Å². The number of carbonyl (C=O) groups excluding carboxylic acids is 1.